The minimum absolute atomic E-state index is 0.400. The van der Waals surface area contributed by atoms with E-state index in [1.54, 1.807) is 0 Å². The molecule has 1 atom stereocenters. The molecule has 0 aliphatic carbocycles. The number of carboxylic acid groups (broad SMARTS) is 1. The van der Waals surface area contributed by atoms with Crippen molar-refractivity contribution in [1.29, 1.82) is 0 Å². The maximum absolute atomic E-state index is 11.5. The number of aliphatic carboxylic acids is 1. The van der Waals surface area contributed by atoms with Gasteiger partial charge in [-0.3, -0.25) is 0 Å². The molecule has 3 N–H and O–H groups in total. The van der Waals surface area contributed by atoms with Crippen molar-refractivity contribution < 1.29 is 14.7 Å². The fraction of sp³-hybridized carbons (Fsp3) is 0.857. The summed E-state index contributed by atoms with van der Waals surface area (Å²) >= 11 is 0. The van der Waals surface area contributed by atoms with Crippen LogP contribution in [-0.4, -0.2) is 54.2 Å². The Morgan fingerprint density at radius 3 is 2.40 bits per heavy atom. The lowest BCUT2D eigenvalue weighted by Gasteiger charge is -2.20. The van der Waals surface area contributed by atoms with Gasteiger partial charge >= 0.3 is 12.0 Å². The second-order valence-corrected chi connectivity index (χ2v) is 5.36. The maximum atomic E-state index is 11.5. The van der Waals surface area contributed by atoms with E-state index < -0.39 is 18.0 Å². The largest absolute Gasteiger partial charge is 0.480 e. The maximum Gasteiger partial charge on any atom is 0.326 e. The fourth-order valence-electron chi connectivity index (χ4n) is 1.70. The van der Waals surface area contributed by atoms with Gasteiger partial charge in [0.1, 0.15) is 6.04 Å². The van der Waals surface area contributed by atoms with Crippen molar-refractivity contribution >= 4 is 12.0 Å². The van der Waals surface area contributed by atoms with E-state index in [1.807, 2.05) is 6.92 Å². The zero-order valence-electron chi connectivity index (χ0n) is 13.1. The van der Waals surface area contributed by atoms with Crippen LogP contribution in [0.2, 0.25) is 0 Å². The summed E-state index contributed by atoms with van der Waals surface area (Å²) in [5, 5.41) is 14.1. The number of nitrogens with zero attached hydrogens (tertiary/aromatic N) is 1. The van der Waals surface area contributed by atoms with E-state index >= 15 is 0 Å². The van der Waals surface area contributed by atoms with Crippen LogP contribution in [0.4, 0.5) is 4.79 Å². The molecule has 0 fully saturated rings. The molecule has 6 nitrogen and oxygen atoms in total. The highest BCUT2D eigenvalue weighted by Crippen LogP contribution is 1.98. The van der Waals surface area contributed by atoms with Crippen LogP contribution >= 0.6 is 0 Å². The third-order valence-corrected chi connectivity index (χ3v) is 3.29. The number of amides is 2. The number of urea groups is 1. The molecule has 0 radical (unpaired) electrons. The van der Waals surface area contributed by atoms with Crippen molar-refractivity contribution in [1.82, 2.24) is 15.5 Å². The van der Waals surface area contributed by atoms with Crippen LogP contribution in [0.3, 0.4) is 0 Å². The quantitative estimate of drug-likeness (QED) is 0.534. The van der Waals surface area contributed by atoms with E-state index in [1.165, 1.54) is 0 Å². The van der Waals surface area contributed by atoms with Crippen molar-refractivity contribution in [3.8, 4) is 0 Å². The number of unbranched alkanes of at least 4 members (excludes halogenated alkanes) is 1. The van der Waals surface area contributed by atoms with E-state index in [0.29, 0.717) is 19.0 Å². The zero-order valence-corrected chi connectivity index (χ0v) is 13.1. The summed E-state index contributed by atoms with van der Waals surface area (Å²) in [7, 11) is 2.08. The summed E-state index contributed by atoms with van der Waals surface area (Å²) in [6.45, 7) is 7.74. The number of carboxylic acids is 1. The predicted octanol–water partition coefficient (Wildman–Crippen LogP) is 1.66. The van der Waals surface area contributed by atoms with Gasteiger partial charge in [-0.05, 0) is 46.7 Å². The van der Waals surface area contributed by atoms with Crippen molar-refractivity contribution in [2.24, 2.45) is 0 Å². The van der Waals surface area contributed by atoms with Crippen LogP contribution in [-0.2, 0) is 4.79 Å². The molecule has 0 saturated heterocycles. The van der Waals surface area contributed by atoms with E-state index in [9.17, 15) is 9.59 Å². The Morgan fingerprint density at radius 1 is 1.25 bits per heavy atom. The molecular weight excluding hydrogens is 258 g/mol. The molecular formula is C14H29N3O3. The van der Waals surface area contributed by atoms with Crippen molar-refractivity contribution in [2.75, 3.05) is 20.1 Å². The van der Waals surface area contributed by atoms with Gasteiger partial charge in [-0.25, -0.2) is 9.59 Å². The molecule has 0 rings (SSSR count). The molecule has 0 aromatic rings. The standard InChI is InChI=1S/C14H29N3O3/c1-5-8-12(13(18)19)16-14(20)15-9-6-7-10-17(4)11(2)3/h11-12H,5-10H2,1-4H3,(H,18,19)(H2,15,16,20). The topological polar surface area (TPSA) is 81.7 Å². The third kappa shape index (κ3) is 8.74. The summed E-state index contributed by atoms with van der Waals surface area (Å²) in [6.07, 6.45) is 3.06. The van der Waals surface area contributed by atoms with Gasteiger partial charge in [-0.2, -0.15) is 0 Å². The van der Waals surface area contributed by atoms with Crippen LogP contribution in [0, 0.1) is 0 Å². The molecule has 20 heavy (non-hydrogen) atoms. The number of nitrogens with one attached hydrogen (secondary N) is 2. The Hall–Kier alpha value is -1.30. The second-order valence-electron chi connectivity index (χ2n) is 5.36. The van der Waals surface area contributed by atoms with Crippen LogP contribution in [0.1, 0.15) is 46.5 Å². The third-order valence-electron chi connectivity index (χ3n) is 3.29. The molecule has 0 aromatic heterocycles. The molecule has 2 amide bonds. The van der Waals surface area contributed by atoms with Gasteiger partial charge in [-0.1, -0.05) is 13.3 Å². The molecule has 0 saturated carbocycles. The van der Waals surface area contributed by atoms with E-state index in [4.69, 9.17) is 5.11 Å². The molecule has 0 aliphatic heterocycles. The lowest BCUT2D eigenvalue weighted by atomic mass is 10.2. The van der Waals surface area contributed by atoms with Gasteiger partial charge in [0.05, 0.1) is 0 Å². The van der Waals surface area contributed by atoms with Crippen LogP contribution in [0.5, 0.6) is 0 Å². The lowest BCUT2D eigenvalue weighted by molar-refractivity contribution is -0.139. The smallest absolute Gasteiger partial charge is 0.326 e. The van der Waals surface area contributed by atoms with E-state index in [2.05, 4.69) is 36.4 Å². The molecule has 6 heteroatoms. The van der Waals surface area contributed by atoms with Crippen LogP contribution in [0.25, 0.3) is 0 Å². The average Bonchev–Trinajstić information content (AvgIpc) is 2.37. The molecule has 0 aromatic carbocycles. The summed E-state index contributed by atoms with van der Waals surface area (Å²) < 4.78 is 0. The SMILES string of the molecule is CCCC(NC(=O)NCCCCN(C)C(C)C)C(=O)O. The summed E-state index contributed by atoms with van der Waals surface area (Å²) in [5.74, 6) is -0.986. The summed E-state index contributed by atoms with van der Waals surface area (Å²) in [5.41, 5.74) is 0. The van der Waals surface area contributed by atoms with Crippen LogP contribution < -0.4 is 10.6 Å². The normalized spacial score (nSPS) is 12.5. The highest BCUT2D eigenvalue weighted by molar-refractivity contribution is 5.82. The first-order valence-electron chi connectivity index (χ1n) is 7.35. The predicted molar refractivity (Wildman–Crippen MR) is 79.9 cm³/mol. The molecule has 0 bridgehead atoms. The number of carbonyl (C=O) groups excluding carboxylic acids is 1. The van der Waals surface area contributed by atoms with Gasteiger partial charge in [0.2, 0.25) is 0 Å². The Kier molecular flexibility index (Phi) is 9.80. The number of hydrogen-bond acceptors (Lipinski definition) is 3. The van der Waals surface area contributed by atoms with Gasteiger partial charge in [0.15, 0.2) is 0 Å². The first-order valence-corrected chi connectivity index (χ1v) is 7.35. The van der Waals surface area contributed by atoms with Crippen molar-refractivity contribution in [3.05, 3.63) is 0 Å². The lowest BCUT2D eigenvalue weighted by Crippen LogP contribution is -2.46. The number of rotatable bonds is 10. The minimum atomic E-state index is -0.986. The number of carbonyl (C=O) groups is 2. The monoisotopic (exact) mass is 287 g/mol. The van der Waals surface area contributed by atoms with Crippen LogP contribution in [0.15, 0.2) is 0 Å². The Balaban J connectivity index is 3.75. The first-order chi connectivity index (χ1) is 9.38. The highest BCUT2D eigenvalue weighted by Gasteiger charge is 2.18. The fourth-order valence-corrected chi connectivity index (χ4v) is 1.70. The molecule has 0 aliphatic rings. The van der Waals surface area contributed by atoms with E-state index in [-0.39, 0.29) is 0 Å². The molecule has 0 heterocycles. The minimum Gasteiger partial charge on any atom is -0.480 e. The van der Waals surface area contributed by atoms with Crippen molar-refractivity contribution in [3.63, 3.8) is 0 Å². The first kappa shape index (κ1) is 18.7. The van der Waals surface area contributed by atoms with Gasteiger partial charge in [0.25, 0.3) is 0 Å². The van der Waals surface area contributed by atoms with Crippen molar-refractivity contribution in [2.45, 2.75) is 58.5 Å². The number of hydrogen-bond donors (Lipinski definition) is 3. The molecule has 0 spiro atoms. The summed E-state index contributed by atoms with van der Waals surface area (Å²) in [6, 6.07) is -0.674. The Labute approximate surface area is 121 Å². The summed E-state index contributed by atoms with van der Waals surface area (Å²) in [4.78, 5) is 24.7. The second kappa shape index (κ2) is 10.5. The molecule has 1 unspecified atom stereocenters. The zero-order chi connectivity index (χ0) is 15.5. The molecule has 118 valence electrons. The Morgan fingerprint density at radius 2 is 1.90 bits per heavy atom. The highest BCUT2D eigenvalue weighted by atomic mass is 16.4. The van der Waals surface area contributed by atoms with Gasteiger partial charge in [-0.15, -0.1) is 0 Å². The Bertz CT molecular complexity index is 295. The van der Waals surface area contributed by atoms with E-state index in [0.717, 1.165) is 25.8 Å². The average molecular weight is 287 g/mol. The van der Waals surface area contributed by atoms with Gasteiger partial charge in [0, 0.05) is 12.6 Å². The van der Waals surface area contributed by atoms with Gasteiger partial charge < -0.3 is 20.6 Å².